The number of carbonyl (C=O) groups is 1. The van der Waals surface area contributed by atoms with Crippen molar-refractivity contribution in [2.45, 2.75) is 6.92 Å². The fraction of sp³-hybridized carbons (Fsp3) is 0.0833. The van der Waals surface area contributed by atoms with Crippen molar-refractivity contribution in [3.63, 3.8) is 0 Å². The van der Waals surface area contributed by atoms with Gasteiger partial charge in [0.1, 0.15) is 5.56 Å². The maximum absolute atomic E-state index is 12.2. The van der Waals surface area contributed by atoms with Crippen LogP contribution in [-0.4, -0.2) is 21.0 Å². The lowest BCUT2D eigenvalue weighted by Gasteiger charge is -2.00. The van der Waals surface area contributed by atoms with Crippen LogP contribution in [-0.2, 0) is 0 Å². The molecule has 0 fully saturated rings. The predicted octanol–water partition coefficient (Wildman–Crippen LogP) is 2.14. The number of carboxylic acids is 1. The Hall–Kier alpha value is -2.21. The lowest BCUT2D eigenvalue weighted by atomic mass is 10.1. The van der Waals surface area contributed by atoms with Crippen molar-refractivity contribution in [2.75, 3.05) is 0 Å². The summed E-state index contributed by atoms with van der Waals surface area (Å²) in [7, 11) is 0. The van der Waals surface area contributed by atoms with E-state index in [2.05, 4.69) is 9.97 Å². The number of fused-ring (bicyclic) bond motifs is 3. The van der Waals surface area contributed by atoms with Crippen LogP contribution >= 0.6 is 11.3 Å². The maximum atomic E-state index is 12.2. The van der Waals surface area contributed by atoms with Crippen LogP contribution < -0.4 is 5.43 Å². The number of hydrogen-bond acceptors (Lipinski definition) is 4. The third-order valence-corrected chi connectivity index (χ3v) is 3.74. The number of hydrogen-bond donors (Lipinski definition) is 2. The molecule has 0 radical (unpaired) electrons. The van der Waals surface area contributed by atoms with Gasteiger partial charge in [-0.3, -0.25) is 4.79 Å². The highest BCUT2D eigenvalue weighted by Crippen LogP contribution is 2.27. The highest BCUT2D eigenvalue weighted by Gasteiger charge is 2.15. The molecule has 0 bridgehead atoms. The van der Waals surface area contributed by atoms with E-state index in [9.17, 15) is 9.59 Å². The first-order valence-electron chi connectivity index (χ1n) is 5.23. The van der Waals surface area contributed by atoms with Crippen LogP contribution in [0, 0.1) is 6.92 Å². The monoisotopic (exact) mass is 260 g/mol. The summed E-state index contributed by atoms with van der Waals surface area (Å²) in [6, 6.07) is 3.56. The average Bonchev–Trinajstić information content (AvgIpc) is 2.68. The molecule has 0 atom stereocenters. The lowest BCUT2D eigenvalue weighted by Crippen LogP contribution is -2.15. The van der Waals surface area contributed by atoms with E-state index in [0.717, 1.165) is 15.2 Å². The summed E-state index contributed by atoms with van der Waals surface area (Å²) in [6.07, 6.45) is 1.23. The van der Waals surface area contributed by atoms with Gasteiger partial charge in [0.2, 0.25) is 5.43 Å². The first kappa shape index (κ1) is 10.9. The average molecular weight is 260 g/mol. The summed E-state index contributed by atoms with van der Waals surface area (Å²) in [6.45, 7) is 1.85. The molecule has 0 spiro atoms. The van der Waals surface area contributed by atoms with Crippen molar-refractivity contribution in [2.24, 2.45) is 0 Å². The minimum atomic E-state index is -1.23. The summed E-state index contributed by atoms with van der Waals surface area (Å²) in [4.78, 5) is 30.3. The zero-order chi connectivity index (χ0) is 12.9. The zero-order valence-electron chi connectivity index (χ0n) is 9.35. The molecule has 0 aliphatic carbocycles. The number of benzene rings is 1. The van der Waals surface area contributed by atoms with Crippen LogP contribution in [0.3, 0.4) is 0 Å². The van der Waals surface area contributed by atoms with E-state index in [1.165, 1.54) is 17.5 Å². The molecule has 3 aromatic rings. The SMILES string of the molecule is Cc1nc2ccc3[nH]cc(C(=O)O)c(=O)c3c2s1. The predicted molar refractivity (Wildman–Crippen MR) is 69.4 cm³/mol. The van der Waals surface area contributed by atoms with E-state index < -0.39 is 11.4 Å². The van der Waals surface area contributed by atoms with Crippen molar-refractivity contribution in [1.29, 1.82) is 0 Å². The third-order valence-electron chi connectivity index (χ3n) is 2.74. The number of nitrogens with one attached hydrogen (secondary N) is 1. The van der Waals surface area contributed by atoms with Crippen LogP contribution in [0.4, 0.5) is 0 Å². The van der Waals surface area contributed by atoms with Gasteiger partial charge < -0.3 is 10.1 Å². The van der Waals surface area contributed by atoms with E-state index in [1.807, 2.05) is 13.0 Å². The van der Waals surface area contributed by atoms with Crippen LogP contribution in [0.5, 0.6) is 0 Å². The molecule has 90 valence electrons. The smallest absolute Gasteiger partial charge is 0.341 e. The molecule has 0 unspecified atom stereocenters. The van der Waals surface area contributed by atoms with E-state index in [1.54, 1.807) is 6.07 Å². The number of aromatic amines is 1. The lowest BCUT2D eigenvalue weighted by molar-refractivity contribution is 0.0695. The molecular weight excluding hydrogens is 252 g/mol. The first-order valence-corrected chi connectivity index (χ1v) is 6.04. The summed E-state index contributed by atoms with van der Waals surface area (Å²) in [5.41, 5.74) is 0.630. The van der Waals surface area contributed by atoms with Gasteiger partial charge in [0.05, 0.1) is 26.1 Å². The number of thiazole rings is 1. The van der Waals surface area contributed by atoms with Gasteiger partial charge in [0.15, 0.2) is 0 Å². The topological polar surface area (TPSA) is 83.1 Å². The van der Waals surface area contributed by atoms with Crippen molar-refractivity contribution in [1.82, 2.24) is 9.97 Å². The fourth-order valence-corrected chi connectivity index (χ4v) is 2.92. The minimum absolute atomic E-state index is 0.249. The van der Waals surface area contributed by atoms with E-state index in [0.29, 0.717) is 10.9 Å². The van der Waals surface area contributed by atoms with Crippen molar-refractivity contribution >= 4 is 38.4 Å². The molecule has 2 N–H and O–H groups in total. The molecule has 1 aromatic carbocycles. The maximum Gasteiger partial charge on any atom is 0.341 e. The Morgan fingerprint density at radius 1 is 1.44 bits per heavy atom. The quantitative estimate of drug-likeness (QED) is 0.702. The number of aryl methyl sites for hydroxylation is 1. The number of nitrogens with zero attached hydrogens (tertiary/aromatic N) is 1. The Labute approximate surface area is 105 Å². The van der Waals surface area contributed by atoms with Crippen LogP contribution in [0.2, 0.25) is 0 Å². The van der Waals surface area contributed by atoms with Gasteiger partial charge in [0.25, 0.3) is 0 Å². The van der Waals surface area contributed by atoms with E-state index in [-0.39, 0.29) is 5.56 Å². The molecule has 2 heterocycles. The molecule has 18 heavy (non-hydrogen) atoms. The van der Waals surface area contributed by atoms with E-state index >= 15 is 0 Å². The first-order chi connectivity index (χ1) is 8.58. The second-order valence-electron chi connectivity index (χ2n) is 3.91. The number of aromatic nitrogens is 2. The van der Waals surface area contributed by atoms with Crippen LogP contribution in [0.25, 0.3) is 21.1 Å². The Bertz CT molecular complexity index is 848. The number of carboxylic acid groups (broad SMARTS) is 1. The normalized spacial score (nSPS) is 11.2. The fourth-order valence-electron chi connectivity index (χ4n) is 1.96. The summed E-state index contributed by atoms with van der Waals surface area (Å²) in [5, 5.41) is 10.2. The second kappa shape index (κ2) is 3.64. The second-order valence-corrected chi connectivity index (χ2v) is 5.11. The standard InChI is InChI=1S/C12H8N2O3S/c1-5-14-8-3-2-7-9(11(8)18-5)10(15)6(4-13-7)12(16)17/h2-4H,1H3,(H,13,15)(H,16,17). The highest BCUT2D eigenvalue weighted by molar-refractivity contribution is 7.19. The summed E-state index contributed by atoms with van der Waals surface area (Å²) in [5.74, 6) is -1.23. The summed E-state index contributed by atoms with van der Waals surface area (Å²) >= 11 is 1.39. The Kier molecular flexibility index (Phi) is 2.21. The van der Waals surface area contributed by atoms with Gasteiger partial charge >= 0.3 is 5.97 Å². The van der Waals surface area contributed by atoms with Gasteiger partial charge in [-0.1, -0.05) is 0 Å². The minimum Gasteiger partial charge on any atom is -0.477 e. The Morgan fingerprint density at radius 3 is 2.94 bits per heavy atom. The van der Waals surface area contributed by atoms with Gasteiger partial charge in [-0.15, -0.1) is 11.3 Å². The van der Waals surface area contributed by atoms with Gasteiger partial charge in [0, 0.05) is 6.20 Å². The van der Waals surface area contributed by atoms with Gasteiger partial charge in [-0.2, -0.15) is 0 Å². The molecular formula is C12H8N2O3S. The third kappa shape index (κ3) is 1.42. The zero-order valence-corrected chi connectivity index (χ0v) is 10.2. The molecule has 3 rings (SSSR count). The highest BCUT2D eigenvalue weighted by atomic mass is 32.1. The molecule has 6 heteroatoms. The number of H-pyrrole nitrogens is 1. The Morgan fingerprint density at radius 2 is 2.22 bits per heavy atom. The number of rotatable bonds is 1. The largest absolute Gasteiger partial charge is 0.477 e. The Balaban J connectivity index is 2.58. The number of pyridine rings is 1. The van der Waals surface area contributed by atoms with Gasteiger partial charge in [-0.25, -0.2) is 9.78 Å². The molecule has 5 nitrogen and oxygen atoms in total. The van der Waals surface area contributed by atoms with Crippen LogP contribution in [0.1, 0.15) is 15.4 Å². The molecule has 0 saturated carbocycles. The van der Waals surface area contributed by atoms with E-state index in [4.69, 9.17) is 5.11 Å². The van der Waals surface area contributed by atoms with Crippen LogP contribution in [0.15, 0.2) is 23.1 Å². The van der Waals surface area contributed by atoms with Crippen molar-refractivity contribution in [3.05, 3.63) is 39.1 Å². The molecule has 0 saturated heterocycles. The van der Waals surface area contributed by atoms with Crippen molar-refractivity contribution < 1.29 is 9.90 Å². The number of aromatic carboxylic acids is 1. The van der Waals surface area contributed by atoms with Gasteiger partial charge in [-0.05, 0) is 19.1 Å². The molecule has 2 aromatic heterocycles. The summed E-state index contributed by atoms with van der Waals surface area (Å²) < 4.78 is 0.731. The molecule has 0 aliphatic rings. The molecule has 0 aliphatic heterocycles. The molecule has 0 amide bonds. The van der Waals surface area contributed by atoms with Crippen molar-refractivity contribution in [3.8, 4) is 0 Å².